The van der Waals surface area contributed by atoms with E-state index in [1.807, 2.05) is 6.92 Å². The van der Waals surface area contributed by atoms with Gasteiger partial charge in [0, 0.05) is 23.8 Å². The molecule has 0 aliphatic carbocycles. The highest BCUT2D eigenvalue weighted by molar-refractivity contribution is 7.89. The summed E-state index contributed by atoms with van der Waals surface area (Å²) in [5.74, 6) is 0.397. The van der Waals surface area contributed by atoms with Crippen LogP contribution in [0.1, 0.15) is 31.7 Å². The van der Waals surface area contributed by atoms with Gasteiger partial charge in [0.15, 0.2) is 6.61 Å². The highest BCUT2D eigenvalue weighted by Gasteiger charge is 2.29. The Bertz CT molecular complexity index is 1040. The number of anilines is 1. The van der Waals surface area contributed by atoms with Gasteiger partial charge in [-0.25, -0.2) is 8.42 Å². The van der Waals surface area contributed by atoms with E-state index in [9.17, 15) is 13.2 Å². The summed E-state index contributed by atoms with van der Waals surface area (Å²) < 4.78 is 38.9. The molecule has 1 aliphatic heterocycles. The van der Waals surface area contributed by atoms with Crippen LogP contribution in [0.5, 0.6) is 11.5 Å². The molecule has 0 atom stereocenters. The van der Waals surface area contributed by atoms with E-state index in [1.54, 1.807) is 37.3 Å². The summed E-state index contributed by atoms with van der Waals surface area (Å²) in [5, 5.41) is 3.31. The number of nitrogens with zero attached hydrogens (tertiary/aromatic N) is 1. The molecule has 168 valence electrons. The fraction of sp³-hybridized carbons (Fsp3) is 0.409. The normalized spacial score (nSPS) is 14.8. The number of nitrogens with one attached hydrogen (secondary N) is 1. The minimum absolute atomic E-state index is 0.0586. The molecule has 1 fully saturated rings. The standard InChI is InChI=1S/C22H27ClN2O5S/c1-3-29-20-10-7-17(14-21(20)31(27,28)25-11-5-4-6-12-25)24-22(26)15-30-18-8-9-19(23)16(2)13-18/h7-10,13-14H,3-6,11-12,15H2,1-2H3,(H,24,26). The van der Waals surface area contributed by atoms with Crippen molar-refractivity contribution in [2.45, 2.75) is 38.0 Å². The van der Waals surface area contributed by atoms with Crippen molar-refractivity contribution in [3.63, 3.8) is 0 Å². The van der Waals surface area contributed by atoms with Gasteiger partial charge < -0.3 is 14.8 Å². The zero-order chi connectivity index (χ0) is 22.4. The van der Waals surface area contributed by atoms with E-state index in [0.717, 1.165) is 24.8 Å². The molecule has 0 aromatic heterocycles. The summed E-state index contributed by atoms with van der Waals surface area (Å²) in [6, 6.07) is 9.76. The number of hydrogen-bond donors (Lipinski definition) is 1. The average Bonchev–Trinajstić information content (AvgIpc) is 2.76. The van der Waals surface area contributed by atoms with E-state index in [4.69, 9.17) is 21.1 Å². The number of sulfonamides is 1. The maximum atomic E-state index is 13.2. The summed E-state index contributed by atoms with van der Waals surface area (Å²) in [6.45, 7) is 4.73. The van der Waals surface area contributed by atoms with Crippen molar-refractivity contribution in [2.75, 3.05) is 31.6 Å². The van der Waals surface area contributed by atoms with Crippen molar-refractivity contribution >= 4 is 33.2 Å². The van der Waals surface area contributed by atoms with E-state index >= 15 is 0 Å². The van der Waals surface area contributed by atoms with Crippen LogP contribution in [-0.4, -0.2) is 44.9 Å². The van der Waals surface area contributed by atoms with Crippen LogP contribution >= 0.6 is 11.6 Å². The van der Waals surface area contributed by atoms with Gasteiger partial charge in [-0.1, -0.05) is 18.0 Å². The van der Waals surface area contributed by atoms with Gasteiger partial charge in [-0.15, -0.1) is 0 Å². The van der Waals surface area contributed by atoms with Gasteiger partial charge in [0.2, 0.25) is 10.0 Å². The molecule has 1 N–H and O–H groups in total. The molecule has 1 amide bonds. The highest BCUT2D eigenvalue weighted by Crippen LogP contribution is 2.31. The Morgan fingerprint density at radius 1 is 1.10 bits per heavy atom. The summed E-state index contributed by atoms with van der Waals surface area (Å²) in [5.41, 5.74) is 1.21. The van der Waals surface area contributed by atoms with Gasteiger partial charge in [-0.2, -0.15) is 4.31 Å². The van der Waals surface area contributed by atoms with Crippen LogP contribution in [0, 0.1) is 6.92 Å². The smallest absolute Gasteiger partial charge is 0.262 e. The minimum Gasteiger partial charge on any atom is -0.492 e. The molecule has 9 heteroatoms. The Morgan fingerprint density at radius 3 is 2.52 bits per heavy atom. The van der Waals surface area contributed by atoms with E-state index < -0.39 is 15.9 Å². The predicted molar refractivity (Wildman–Crippen MR) is 121 cm³/mol. The second-order valence-electron chi connectivity index (χ2n) is 7.31. The molecule has 0 unspecified atom stereocenters. The van der Waals surface area contributed by atoms with Gasteiger partial charge in [0.1, 0.15) is 16.4 Å². The first-order valence-electron chi connectivity index (χ1n) is 10.3. The topological polar surface area (TPSA) is 84.9 Å². The third-order valence-corrected chi connectivity index (χ3v) is 7.30. The second kappa shape index (κ2) is 10.3. The average molecular weight is 467 g/mol. The number of benzene rings is 2. The largest absolute Gasteiger partial charge is 0.492 e. The molecule has 1 saturated heterocycles. The zero-order valence-corrected chi connectivity index (χ0v) is 19.3. The van der Waals surface area contributed by atoms with Crippen LogP contribution in [0.15, 0.2) is 41.3 Å². The fourth-order valence-electron chi connectivity index (χ4n) is 3.36. The molecular weight excluding hydrogens is 440 g/mol. The lowest BCUT2D eigenvalue weighted by Crippen LogP contribution is -2.35. The van der Waals surface area contributed by atoms with Crippen LogP contribution in [0.4, 0.5) is 5.69 Å². The number of amides is 1. The molecule has 0 saturated carbocycles. The SMILES string of the molecule is CCOc1ccc(NC(=O)COc2ccc(Cl)c(C)c2)cc1S(=O)(=O)N1CCCCC1. The van der Waals surface area contributed by atoms with E-state index in [-0.39, 0.29) is 17.3 Å². The number of rotatable bonds is 8. The molecule has 0 radical (unpaired) electrons. The number of carbonyl (C=O) groups excluding carboxylic acids is 1. The number of piperidine rings is 1. The number of halogens is 1. The molecule has 1 aliphatic rings. The lowest BCUT2D eigenvalue weighted by molar-refractivity contribution is -0.118. The summed E-state index contributed by atoms with van der Waals surface area (Å²) in [4.78, 5) is 12.4. The summed E-state index contributed by atoms with van der Waals surface area (Å²) in [6.07, 6.45) is 2.69. The first-order valence-corrected chi connectivity index (χ1v) is 12.1. The Balaban J connectivity index is 1.74. The quantitative estimate of drug-likeness (QED) is 0.629. The number of carbonyl (C=O) groups is 1. The Morgan fingerprint density at radius 2 is 1.84 bits per heavy atom. The first kappa shape index (κ1) is 23.4. The molecule has 0 bridgehead atoms. The maximum absolute atomic E-state index is 13.2. The predicted octanol–water partition coefficient (Wildman–Crippen LogP) is 4.24. The maximum Gasteiger partial charge on any atom is 0.262 e. The lowest BCUT2D eigenvalue weighted by Gasteiger charge is -2.27. The van der Waals surface area contributed by atoms with E-state index in [0.29, 0.717) is 36.2 Å². The van der Waals surface area contributed by atoms with Crippen LogP contribution in [0.2, 0.25) is 5.02 Å². The van der Waals surface area contributed by atoms with Gasteiger partial charge in [0.25, 0.3) is 5.91 Å². The summed E-state index contributed by atoms with van der Waals surface area (Å²) in [7, 11) is -3.72. The van der Waals surface area contributed by atoms with Crippen LogP contribution < -0.4 is 14.8 Å². The minimum atomic E-state index is -3.72. The van der Waals surface area contributed by atoms with Crippen molar-refractivity contribution < 1.29 is 22.7 Å². The van der Waals surface area contributed by atoms with Crippen LogP contribution in [0.3, 0.4) is 0 Å². The number of ether oxygens (including phenoxy) is 2. The van der Waals surface area contributed by atoms with Crippen LogP contribution in [0.25, 0.3) is 0 Å². The van der Waals surface area contributed by atoms with E-state index in [1.165, 1.54) is 10.4 Å². The monoisotopic (exact) mass is 466 g/mol. The van der Waals surface area contributed by atoms with Crippen molar-refractivity contribution in [1.29, 1.82) is 0 Å². The Hall–Kier alpha value is -2.29. The Labute approximate surface area is 188 Å². The fourth-order valence-corrected chi connectivity index (χ4v) is 5.15. The first-order chi connectivity index (χ1) is 14.8. The molecule has 0 spiro atoms. The highest BCUT2D eigenvalue weighted by atomic mass is 35.5. The van der Waals surface area contributed by atoms with Crippen LogP contribution in [-0.2, 0) is 14.8 Å². The van der Waals surface area contributed by atoms with Crippen molar-refractivity contribution in [1.82, 2.24) is 4.31 Å². The molecule has 2 aromatic carbocycles. The van der Waals surface area contributed by atoms with Gasteiger partial charge >= 0.3 is 0 Å². The lowest BCUT2D eigenvalue weighted by atomic mass is 10.2. The Kier molecular flexibility index (Phi) is 7.80. The molecular formula is C22H27ClN2O5S. The second-order valence-corrected chi connectivity index (χ2v) is 9.62. The summed E-state index contributed by atoms with van der Waals surface area (Å²) >= 11 is 6.00. The number of hydrogen-bond acceptors (Lipinski definition) is 5. The van der Waals surface area contributed by atoms with Crippen molar-refractivity contribution in [3.8, 4) is 11.5 Å². The van der Waals surface area contributed by atoms with E-state index in [2.05, 4.69) is 5.32 Å². The third kappa shape index (κ3) is 5.90. The molecule has 7 nitrogen and oxygen atoms in total. The third-order valence-electron chi connectivity index (χ3n) is 4.96. The number of aryl methyl sites for hydroxylation is 1. The van der Waals surface area contributed by atoms with Gasteiger partial charge in [0.05, 0.1) is 6.61 Å². The zero-order valence-electron chi connectivity index (χ0n) is 17.7. The van der Waals surface area contributed by atoms with Crippen molar-refractivity contribution in [3.05, 3.63) is 47.0 Å². The molecule has 3 rings (SSSR count). The molecule has 2 aromatic rings. The van der Waals surface area contributed by atoms with Crippen molar-refractivity contribution in [2.24, 2.45) is 0 Å². The van der Waals surface area contributed by atoms with Gasteiger partial charge in [-0.3, -0.25) is 4.79 Å². The molecule has 1 heterocycles. The van der Waals surface area contributed by atoms with Gasteiger partial charge in [-0.05, 0) is 68.7 Å². The molecule has 31 heavy (non-hydrogen) atoms.